The van der Waals surface area contributed by atoms with Crippen LogP contribution >= 0.6 is 0 Å². The van der Waals surface area contributed by atoms with E-state index in [4.69, 9.17) is 16.1 Å². The Hall–Kier alpha value is -4.39. The highest BCUT2D eigenvalue weighted by atomic mass is 15.0. The molecule has 1 atom stereocenters. The zero-order chi connectivity index (χ0) is 22.1. The van der Waals surface area contributed by atoms with E-state index in [2.05, 4.69) is 32.9 Å². The van der Waals surface area contributed by atoms with E-state index in [-0.39, 0.29) is 11.6 Å². The van der Waals surface area contributed by atoms with Gasteiger partial charge in [-0.05, 0) is 36.4 Å². The van der Waals surface area contributed by atoms with Gasteiger partial charge in [-0.15, -0.1) is 0 Å². The molecule has 4 aromatic heterocycles. The first-order chi connectivity index (χ1) is 15.6. The number of fused-ring (bicyclic) bond motifs is 1. The number of nitrogens with two attached hydrogens (primary N) is 1. The molecule has 4 aromatic rings. The summed E-state index contributed by atoms with van der Waals surface area (Å²) in [7, 11) is 0. The Bertz CT molecular complexity index is 1350. The summed E-state index contributed by atoms with van der Waals surface area (Å²) in [5.74, 6) is 0.523. The number of aromatic nitrogens is 5. The second kappa shape index (κ2) is 8.03. The SMILES string of the molecule is CC1C=CC=C(c2ccccn2)c2nc(C(=N)c3nc(-c4ccncc4)ccc3N)[nH]c21. The number of anilines is 1. The first kappa shape index (κ1) is 19.6. The highest BCUT2D eigenvalue weighted by molar-refractivity contribution is 6.11. The predicted octanol–water partition coefficient (Wildman–Crippen LogP) is 4.37. The lowest BCUT2D eigenvalue weighted by Gasteiger charge is -2.08. The molecule has 0 fully saturated rings. The lowest BCUT2D eigenvalue weighted by molar-refractivity contribution is 0.917. The van der Waals surface area contributed by atoms with Crippen molar-refractivity contribution in [2.45, 2.75) is 12.8 Å². The van der Waals surface area contributed by atoms with Gasteiger partial charge in [0.05, 0.1) is 22.8 Å². The molecule has 1 unspecified atom stereocenters. The molecule has 0 aromatic carbocycles. The first-order valence-corrected chi connectivity index (χ1v) is 10.3. The van der Waals surface area contributed by atoms with Crippen LogP contribution in [0.25, 0.3) is 16.8 Å². The van der Waals surface area contributed by atoms with E-state index in [1.807, 2.05) is 48.6 Å². The molecule has 0 saturated carbocycles. The van der Waals surface area contributed by atoms with Crippen molar-refractivity contribution in [2.24, 2.45) is 0 Å². The molecule has 7 nitrogen and oxygen atoms in total. The van der Waals surface area contributed by atoms with Crippen LogP contribution in [0, 0.1) is 5.41 Å². The molecular formula is C25H21N7. The van der Waals surface area contributed by atoms with Crippen molar-refractivity contribution >= 4 is 17.0 Å². The fraction of sp³-hybridized carbons (Fsp3) is 0.0800. The summed E-state index contributed by atoms with van der Waals surface area (Å²) in [6, 6.07) is 13.1. The van der Waals surface area contributed by atoms with E-state index in [0.717, 1.165) is 33.9 Å². The molecule has 4 heterocycles. The minimum atomic E-state index is 0.102. The molecule has 7 heteroatoms. The third-order valence-electron chi connectivity index (χ3n) is 5.42. The van der Waals surface area contributed by atoms with Crippen molar-refractivity contribution in [1.29, 1.82) is 5.41 Å². The van der Waals surface area contributed by atoms with Gasteiger partial charge >= 0.3 is 0 Å². The molecule has 5 rings (SSSR count). The van der Waals surface area contributed by atoms with Crippen LogP contribution in [0.5, 0.6) is 0 Å². The number of rotatable bonds is 4. The Labute approximate surface area is 185 Å². The number of nitrogens with one attached hydrogen (secondary N) is 2. The zero-order valence-corrected chi connectivity index (χ0v) is 17.4. The number of nitrogen functional groups attached to an aromatic ring is 1. The monoisotopic (exact) mass is 419 g/mol. The van der Waals surface area contributed by atoms with E-state index < -0.39 is 0 Å². The third-order valence-corrected chi connectivity index (χ3v) is 5.42. The fourth-order valence-electron chi connectivity index (χ4n) is 3.73. The summed E-state index contributed by atoms with van der Waals surface area (Å²) in [5.41, 5.74) is 12.2. The van der Waals surface area contributed by atoms with E-state index in [1.54, 1.807) is 24.7 Å². The summed E-state index contributed by atoms with van der Waals surface area (Å²) < 4.78 is 0. The first-order valence-electron chi connectivity index (χ1n) is 10.3. The van der Waals surface area contributed by atoms with Crippen molar-refractivity contribution in [1.82, 2.24) is 24.9 Å². The number of hydrogen-bond acceptors (Lipinski definition) is 6. The maximum atomic E-state index is 8.84. The number of hydrogen-bond donors (Lipinski definition) is 3. The van der Waals surface area contributed by atoms with E-state index in [9.17, 15) is 0 Å². The highest BCUT2D eigenvalue weighted by Crippen LogP contribution is 2.32. The van der Waals surface area contributed by atoms with Gasteiger partial charge < -0.3 is 10.7 Å². The summed E-state index contributed by atoms with van der Waals surface area (Å²) >= 11 is 0. The van der Waals surface area contributed by atoms with Crippen LogP contribution in [0.3, 0.4) is 0 Å². The number of aromatic amines is 1. The molecule has 32 heavy (non-hydrogen) atoms. The van der Waals surface area contributed by atoms with Crippen LogP contribution in [-0.4, -0.2) is 30.6 Å². The van der Waals surface area contributed by atoms with Crippen molar-refractivity contribution in [3.63, 3.8) is 0 Å². The van der Waals surface area contributed by atoms with Crippen LogP contribution in [0.15, 0.2) is 79.3 Å². The van der Waals surface area contributed by atoms with E-state index in [0.29, 0.717) is 17.2 Å². The smallest absolute Gasteiger partial charge is 0.158 e. The Kier molecular flexibility index (Phi) is 4.91. The molecule has 0 saturated heterocycles. The lowest BCUT2D eigenvalue weighted by Crippen LogP contribution is -2.11. The summed E-state index contributed by atoms with van der Waals surface area (Å²) in [4.78, 5) is 21.4. The van der Waals surface area contributed by atoms with Crippen LogP contribution < -0.4 is 5.73 Å². The molecule has 0 aliphatic heterocycles. The highest BCUT2D eigenvalue weighted by Gasteiger charge is 2.24. The minimum absolute atomic E-state index is 0.102. The normalized spacial score (nSPS) is 15.0. The summed E-state index contributed by atoms with van der Waals surface area (Å²) in [5, 5.41) is 8.84. The Balaban J connectivity index is 1.58. The number of allylic oxidation sites excluding steroid dienone is 3. The van der Waals surface area contributed by atoms with Crippen molar-refractivity contribution in [3.8, 4) is 11.3 Å². The van der Waals surface area contributed by atoms with Crippen molar-refractivity contribution in [3.05, 3.63) is 108 Å². The molecule has 1 aliphatic carbocycles. The van der Waals surface area contributed by atoms with Crippen LogP contribution in [0.1, 0.15) is 41.4 Å². The number of pyridine rings is 3. The minimum Gasteiger partial charge on any atom is -0.397 e. The van der Waals surface area contributed by atoms with Crippen LogP contribution in [0.2, 0.25) is 0 Å². The average molecular weight is 419 g/mol. The average Bonchev–Trinajstić information content (AvgIpc) is 3.22. The summed E-state index contributed by atoms with van der Waals surface area (Å²) in [6.45, 7) is 2.09. The van der Waals surface area contributed by atoms with Crippen molar-refractivity contribution in [2.75, 3.05) is 5.73 Å². The van der Waals surface area contributed by atoms with Gasteiger partial charge in [0.2, 0.25) is 0 Å². The van der Waals surface area contributed by atoms with Gasteiger partial charge in [-0.3, -0.25) is 15.4 Å². The van der Waals surface area contributed by atoms with Crippen molar-refractivity contribution < 1.29 is 0 Å². The van der Waals surface area contributed by atoms with E-state index in [1.165, 1.54) is 0 Å². The Morgan fingerprint density at radius 3 is 2.62 bits per heavy atom. The molecule has 156 valence electrons. The number of imidazole rings is 1. The second-order valence-corrected chi connectivity index (χ2v) is 7.56. The van der Waals surface area contributed by atoms with Gasteiger partial charge in [-0.2, -0.15) is 0 Å². The maximum Gasteiger partial charge on any atom is 0.158 e. The molecular weight excluding hydrogens is 398 g/mol. The van der Waals surface area contributed by atoms with Gasteiger partial charge in [0.1, 0.15) is 11.4 Å². The van der Waals surface area contributed by atoms with Crippen LogP contribution in [0.4, 0.5) is 5.69 Å². The van der Waals surface area contributed by atoms with Gasteiger partial charge in [0.15, 0.2) is 5.82 Å². The van der Waals surface area contributed by atoms with Gasteiger partial charge in [-0.25, -0.2) is 9.97 Å². The Morgan fingerprint density at radius 1 is 1.00 bits per heavy atom. The molecule has 1 aliphatic rings. The molecule has 0 spiro atoms. The topological polar surface area (TPSA) is 117 Å². The lowest BCUT2D eigenvalue weighted by atomic mass is 10.0. The standard InChI is InChI=1S/C25H21N7/c1-15-5-4-6-17(20-7-2-3-12-29-20)23-22(15)31-25(32-23)21(27)24-18(26)8-9-19(30-24)16-10-13-28-14-11-16/h2-15,27H,26H2,1H3,(H,31,32). The quantitative estimate of drug-likeness (QED) is 0.425. The summed E-state index contributed by atoms with van der Waals surface area (Å²) in [6.07, 6.45) is 11.3. The van der Waals surface area contributed by atoms with Crippen LogP contribution in [-0.2, 0) is 0 Å². The molecule has 0 bridgehead atoms. The van der Waals surface area contributed by atoms with Gasteiger partial charge in [0.25, 0.3) is 0 Å². The Morgan fingerprint density at radius 2 is 1.84 bits per heavy atom. The largest absolute Gasteiger partial charge is 0.397 e. The second-order valence-electron chi connectivity index (χ2n) is 7.56. The van der Waals surface area contributed by atoms with E-state index >= 15 is 0 Å². The van der Waals surface area contributed by atoms with Gasteiger partial charge in [-0.1, -0.05) is 31.2 Å². The molecule has 0 radical (unpaired) electrons. The predicted molar refractivity (Wildman–Crippen MR) is 125 cm³/mol. The number of H-pyrrole nitrogens is 1. The third kappa shape index (κ3) is 3.50. The molecule has 0 amide bonds. The van der Waals surface area contributed by atoms with Gasteiger partial charge in [0, 0.05) is 41.3 Å². The fourth-order valence-corrected chi connectivity index (χ4v) is 3.73. The zero-order valence-electron chi connectivity index (χ0n) is 17.4. The number of nitrogens with zero attached hydrogens (tertiary/aromatic N) is 4. The molecule has 4 N–H and O–H groups in total. The maximum absolute atomic E-state index is 8.84.